The fraction of sp³-hybridized carbons (Fsp3) is 0.727. The highest BCUT2D eigenvalue weighted by molar-refractivity contribution is 7.15. The predicted molar refractivity (Wildman–Crippen MR) is 67.5 cm³/mol. The summed E-state index contributed by atoms with van der Waals surface area (Å²) in [6, 6.07) is 0. The second-order valence-electron chi connectivity index (χ2n) is 4.10. The molecule has 1 aromatic heterocycles. The van der Waals surface area contributed by atoms with E-state index in [0.29, 0.717) is 12.5 Å². The van der Waals surface area contributed by atoms with Gasteiger partial charge in [-0.15, -0.1) is 11.3 Å². The molecule has 0 aliphatic carbocycles. The molecule has 1 unspecified atom stereocenters. The van der Waals surface area contributed by atoms with E-state index in [1.165, 1.54) is 11.3 Å². The average Bonchev–Trinajstić information content (AvgIpc) is 2.59. The Morgan fingerprint density at radius 3 is 2.67 bits per heavy atom. The molecule has 0 radical (unpaired) electrons. The van der Waals surface area contributed by atoms with Gasteiger partial charge in [0.15, 0.2) is 5.13 Å². The molecule has 1 atom stereocenters. The molecule has 1 rings (SSSR count). The fourth-order valence-electron chi connectivity index (χ4n) is 1.44. The lowest BCUT2D eigenvalue weighted by Gasteiger charge is -2.19. The van der Waals surface area contributed by atoms with E-state index in [1.807, 2.05) is 6.92 Å². The van der Waals surface area contributed by atoms with Gasteiger partial charge in [-0.05, 0) is 12.8 Å². The van der Waals surface area contributed by atoms with Crippen molar-refractivity contribution in [1.82, 2.24) is 4.98 Å². The van der Waals surface area contributed by atoms with E-state index in [1.54, 1.807) is 11.3 Å². The van der Waals surface area contributed by atoms with Crippen LogP contribution in [0.2, 0.25) is 0 Å². The first-order valence-electron chi connectivity index (χ1n) is 5.46. The number of thiazole rings is 1. The molecule has 0 fully saturated rings. The standard InChI is InChI=1S/C11H21N3S/c1-5-8(2)7-14(4)11-13-9(3)10(6-12)15-11/h8H,5-7,12H2,1-4H3. The molecular formula is C11H21N3S. The summed E-state index contributed by atoms with van der Waals surface area (Å²) in [5.74, 6) is 0.709. The molecule has 0 aliphatic rings. The molecule has 1 aromatic rings. The minimum absolute atomic E-state index is 0.598. The van der Waals surface area contributed by atoms with Gasteiger partial charge in [0.2, 0.25) is 0 Å². The van der Waals surface area contributed by atoms with Crippen molar-refractivity contribution in [2.45, 2.75) is 33.7 Å². The molecule has 3 nitrogen and oxygen atoms in total. The first-order valence-corrected chi connectivity index (χ1v) is 6.27. The quantitative estimate of drug-likeness (QED) is 0.840. The van der Waals surface area contributed by atoms with Crippen LogP contribution >= 0.6 is 11.3 Å². The Labute approximate surface area is 96.3 Å². The van der Waals surface area contributed by atoms with Crippen molar-refractivity contribution in [2.24, 2.45) is 11.7 Å². The largest absolute Gasteiger partial charge is 0.351 e. The normalized spacial score (nSPS) is 12.9. The monoisotopic (exact) mass is 227 g/mol. The van der Waals surface area contributed by atoms with Crippen LogP contribution in [-0.4, -0.2) is 18.6 Å². The lowest BCUT2D eigenvalue weighted by atomic mass is 10.1. The summed E-state index contributed by atoms with van der Waals surface area (Å²) in [4.78, 5) is 7.96. The first-order chi connectivity index (χ1) is 7.08. The van der Waals surface area contributed by atoms with Crippen molar-refractivity contribution in [2.75, 3.05) is 18.5 Å². The minimum atomic E-state index is 0.598. The van der Waals surface area contributed by atoms with Gasteiger partial charge in [-0.2, -0.15) is 0 Å². The molecule has 86 valence electrons. The molecule has 0 spiro atoms. The number of nitrogens with zero attached hydrogens (tertiary/aromatic N) is 2. The van der Waals surface area contributed by atoms with Crippen LogP contribution < -0.4 is 10.6 Å². The molecule has 1 heterocycles. The molecule has 0 amide bonds. The maximum Gasteiger partial charge on any atom is 0.185 e. The maximum atomic E-state index is 5.64. The highest BCUT2D eigenvalue weighted by atomic mass is 32.1. The van der Waals surface area contributed by atoms with E-state index in [2.05, 4.69) is 30.8 Å². The third-order valence-corrected chi connectivity index (χ3v) is 3.97. The SMILES string of the molecule is CCC(C)CN(C)c1nc(C)c(CN)s1. The molecule has 0 aliphatic heterocycles. The van der Waals surface area contributed by atoms with Crippen LogP contribution in [0.5, 0.6) is 0 Å². The van der Waals surface area contributed by atoms with E-state index in [-0.39, 0.29) is 0 Å². The molecule has 0 saturated heterocycles. The lowest BCUT2D eigenvalue weighted by Crippen LogP contribution is -2.23. The van der Waals surface area contributed by atoms with E-state index in [0.717, 1.165) is 17.4 Å². The number of aromatic nitrogens is 1. The summed E-state index contributed by atoms with van der Waals surface area (Å²) < 4.78 is 0. The van der Waals surface area contributed by atoms with E-state index >= 15 is 0 Å². The van der Waals surface area contributed by atoms with Crippen LogP contribution in [0.1, 0.15) is 30.8 Å². The molecule has 15 heavy (non-hydrogen) atoms. The third kappa shape index (κ3) is 3.18. The zero-order valence-electron chi connectivity index (χ0n) is 10.1. The predicted octanol–water partition coefficient (Wildman–Crippen LogP) is 2.39. The summed E-state index contributed by atoms with van der Waals surface area (Å²) in [7, 11) is 2.10. The maximum absolute atomic E-state index is 5.64. The second kappa shape index (κ2) is 5.47. The fourth-order valence-corrected chi connectivity index (χ4v) is 2.35. The van der Waals surface area contributed by atoms with Crippen molar-refractivity contribution in [1.29, 1.82) is 0 Å². The van der Waals surface area contributed by atoms with Crippen LogP contribution in [0, 0.1) is 12.8 Å². The molecule has 4 heteroatoms. The van der Waals surface area contributed by atoms with E-state index in [4.69, 9.17) is 5.73 Å². The number of hydrogen-bond donors (Lipinski definition) is 1. The Balaban J connectivity index is 2.69. The summed E-state index contributed by atoms with van der Waals surface area (Å²) in [6.45, 7) is 8.17. The van der Waals surface area contributed by atoms with Crippen LogP contribution in [0.3, 0.4) is 0 Å². The van der Waals surface area contributed by atoms with Gasteiger partial charge >= 0.3 is 0 Å². The topological polar surface area (TPSA) is 42.2 Å². The Kier molecular flexibility index (Phi) is 4.54. The van der Waals surface area contributed by atoms with Crippen molar-refractivity contribution in [3.63, 3.8) is 0 Å². The Morgan fingerprint density at radius 1 is 1.53 bits per heavy atom. The van der Waals surface area contributed by atoms with Crippen LogP contribution in [0.4, 0.5) is 5.13 Å². The van der Waals surface area contributed by atoms with Crippen molar-refractivity contribution >= 4 is 16.5 Å². The molecular weight excluding hydrogens is 206 g/mol. The van der Waals surface area contributed by atoms with Crippen molar-refractivity contribution in [3.8, 4) is 0 Å². The second-order valence-corrected chi connectivity index (χ2v) is 5.17. The van der Waals surface area contributed by atoms with Gasteiger partial charge < -0.3 is 10.6 Å². The molecule has 0 saturated carbocycles. The van der Waals surface area contributed by atoms with Gasteiger partial charge in [0, 0.05) is 25.0 Å². The van der Waals surface area contributed by atoms with Gasteiger partial charge in [-0.3, -0.25) is 0 Å². The minimum Gasteiger partial charge on any atom is -0.351 e. The number of rotatable bonds is 5. The highest BCUT2D eigenvalue weighted by Crippen LogP contribution is 2.25. The van der Waals surface area contributed by atoms with Crippen LogP contribution in [0.15, 0.2) is 0 Å². The van der Waals surface area contributed by atoms with Crippen molar-refractivity contribution < 1.29 is 0 Å². The van der Waals surface area contributed by atoms with Gasteiger partial charge in [-0.1, -0.05) is 20.3 Å². The van der Waals surface area contributed by atoms with Gasteiger partial charge in [-0.25, -0.2) is 4.98 Å². The molecule has 2 N–H and O–H groups in total. The van der Waals surface area contributed by atoms with E-state index < -0.39 is 0 Å². The molecule has 0 aromatic carbocycles. The van der Waals surface area contributed by atoms with Gasteiger partial charge in [0.25, 0.3) is 0 Å². The Bertz CT molecular complexity index is 309. The number of hydrogen-bond acceptors (Lipinski definition) is 4. The highest BCUT2D eigenvalue weighted by Gasteiger charge is 2.11. The van der Waals surface area contributed by atoms with E-state index in [9.17, 15) is 0 Å². The number of nitrogens with two attached hydrogens (primary N) is 1. The number of aryl methyl sites for hydroxylation is 1. The zero-order valence-corrected chi connectivity index (χ0v) is 10.9. The lowest BCUT2D eigenvalue weighted by molar-refractivity contribution is 0.559. The van der Waals surface area contributed by atoms with Gasteiger partial charge in [0.1, 0.15) is 0 Å². The summed E-state index contributed by atoms with van der Waals surface area (Å²) in [6.07, 6.45) is 1.21. The summed E-state index contributed by atoms with van der Waals surface area (Å²) in [5, 5.41) is 1.09. The first kappa shape index (κ1) is 12.5. The third-order valence-electron chi connectivity index (χ3n) is 2.68. The van der Waals surface area contributed by atoms with Crippen LogP contribution in [-0.2, 0) is 6.54 Å². The zero-order chi connectivity index (χ0) is 11.4. The summed E-state index contributed by atoms with van der Waals surface area (Å²) in [5.41, 5.74) is 6.72. The summed E-state index contributed by atoms with van der Waals surface area (Å²) >= 11 is 1.71. The van der Waals surface area contributed by atoms with Gasteiger partial charge in [0.05, 0.1) is 5.69 Å². The Hall–Kier alpha value is -0.610. The van der Waals surface area contributed by atoms with Crippen LogP contribution in [0.25, 0.3) is 0 Å². The smallest absolute Gasteiger partial charge is 0.185 e. The Morgan fingerprint density at radius 2 is 2.20 bits per heavy atom. The van der Waals surface area contributed by atoms with Crippen molar-refractivity contribution in [3.05, 3.63) is 10.6 Å². The average molecular weight is 227 g/mol. The number of anilines is 1. The molecule has 0 bridgehead atoms.